The molecule has 1 aromatic rings. The van der Waals surface area contributed by atoms with E-state index in [0.29, 0.717) is 10.6 Å². The molecule has 78 valence electrons. The number of nitrogens with zero attached hydrogens (tertiary/aromatic N) is 1. The van der Waals surface area contributed by atoms with E-state index in [1.165, 1.54) is 19.2 Å². The molecule has 1 aromatic carbocycles. The predicted octanol–water partition coefficient (Wildman–Crippen LogP) is 2.74. The highest BCUT2D eigenvalue weighted by Gasteiger charge is 2.14. The molecule has 0 bridgehead atoms. The molecule has 0 amide bonds. The minimum Gasteiger partial charge on any atom is -0.465 e. The minimum absolute atomic E-state index is 0.175. The summed E-state index contributed by atoms with van der Waals surface area (Å²) in [6, 6.07) is 4.75. The number of carbonyl (C=O) groups excluding carboxylic acids is 1. The van der Waals surface area contributed by atoms with E-state index < -0.39 is 5.97 Å². The van der Waals surface area contributed by atoms with E-state index in [-0.39, 0.29) is 17.0 Å². The third kappa shape index (κ3) is 2.41. The van der Waals surface area contributed by atoms with Crippen molar-refractivity contribution < 1.29 is 9.53 Å². The number of ether oxygens (including phenoxy) is 1. The molecule has 0 spiro atoms. The molecule has 3 nitrogen and oxygen atoms in total. The number of halogens is 2. The number of alkyl halides is 1. The molecular weight excluding hydrogens is 237 g/mol. The number of nitriles is 1. The maximum absolute atomic E-state index is 11.3. The van der Waals surface area contributed by atoms with Gasteiger partial charge in [-0.15, -0.1) is 11.6 Å². The van der Waals surface area contributed by atoms with Crippen LogP contribution in [0.4, 0.5) is 0 Å². The third-order valence-electron chi connectivity index (χ3n) is 1.86. The first-order chi connectivity index (χ1) is 7.13. The van der Waals surface area contributed by atoms with Gasteiger partial charge in [0.25, 0.3) is 0 Å². The van der Waals surface area contributed by atoms with Gasteiger partial charge in [-0.3, -0.25) is 0 Å². The summed E-state index contributed by atoms with van der Waals surface area (Å²) in [5.41, 5.74) is 0.957. The van der Waals surface area contributed by atoms with Crippen LogP contribution in [0.1, 0.15) is 21.5 Å². The Balaban J connectivity index is 3.37. The van der Waals surface area contributed by atoms with Crippen molar-refractivity contribution in [1.82, 2.24) is 0 Å². The fourth-order valence-corrected chi connectivity index (χ4v) is 1.61. The van der Waals surface area contributed by atoms with Gasteiger partial charge in [-0.1, -0.05) is 11.6 Å². The maximum Gasteiger partial charge on any atom is 0.339 e. The molecule has 5 heteroatoms. The fraction of sp³-hybridized carbons (Fsp3) is 0.200. The van der Waals surface area contributed by atoms with Crippen LogP contribution in [-0.4, -0.2) is 13.1 Å². The zero-order valence-corrected chi connectivity index (χ0v) is 9.39. The summed E-state index contributed by atoms with van der Waals surface area (Å²) in [7, 11) is 1.25. The molecular formula is C10H7Cl2NO2. The highest BCUT2D eigenvalue weighted by Crippen LogP contribution is 2.23. The van der Waals surface area contributed by atoms with Crippen molar-refractivity contribution in [1.29, 1.82) is 5.26 Å². The standard InChI is InChI=1S/C10H7Cl2NO2/c1-15-10(14)8-2-6(4-11)9(12)3-7(8)5-13/h2-3H,4H2,1H3. The van der Waals surface area contributed by atoms with Crippen LogP contribution in [-0.2, 0) is 10.6 Å². The summed E-state index contributed by atoms with van der Waals surface area (Å²) in [6.45, 7) is 0. The lowest BCUT2D eigenvalue weighted by Gasteiger charge is -2.05. The number of rotatable bonds is 2. The van der Waals surface area contributed by atoms with Crippen LogP contribution >= 0.6 is 23.2 Å². The van der Waals surface area contributed by atoms with Crippen LogP contribution in [0.5, 0.6) is 0 Å². The smallest absolute Gasteiger partial charge is 0.339 e. The Morgan fingerprint density at radius 1 is 1.60 bits per heavy atom. The third-order valence-corrected chi connectivity index (χ3v) is 2.50. The number of hydrogen-bond acceptors (Lipinski definition) is 3. The van der Waals surface area contributed by atoms with E-state index >= 15 is 0 Å². The van der Waals surface area contributed by atoms with Crippen LogP contribution in [0, 0.1) is 11.3 Å². The second-order valence-electron chi connectivity index (χ2n) is 2.73. The Morgan fingerprint density at radius 2 is 2.27 bits per heavy atom. The van der Waals surface area contributed by atoms with Gasteiger partial charge in [-0.2, -0.15) is 5.26 Å². The molecule has 0 fully saturated rings. The Morgan fingerprint density at radius 3 is 2.73 bits per heavy atom. The largest absolute Gasteiger partial charge is 0.465 e. The van der Waals surface area contributed by atoms with Crippen molar-refractivity contribution in [3.8, 4) is 6.07 Å². The van der Waals surface area contributed by atoms with Crippen LogP contribution < -0.4 is 0 Å². The van der Waals surface area contributed by atoms with Crippen LogP contribution in [0.15, 0.2) is 12.1 Å². The molecule has 0 aliphatic carbocycles. The van der Waals surface area contributed by atoms with Crippen molar-refractivity contribution >= 4 is 29.2 Å². The Labute approximate surface area is 97.2 Å². The number of esters is 1. The number of benzene rings is 1. The first-order valence-corrected chi connectivity index (χ1v) is 4.92. The van der Waals surface area contributed by atoms with Crippen molar-refractivity contribution in [3.63, 3.8) is 0 Å². The van der Waals surface area contributed by atoms with Crippen molar-refractivity contribution in [2.24, 2.45) is 0 Å². The molecule has 0 aliphatic rings. The van der Waals surface area contributed by atoms with Gasteiger partial charge in [-0.25, -0.2) is 4.79 Å². The lowest BCUT2D eigenvalue weighted by Crippen LogP contribution is -2.05. The molecule has 0 radical (unpaired) electrons. The fourth-order valence-electron chi connectivity index (χ4n) is 1.09. The Hall–Kier alpha value is -1.24. The maximum atomic E-state index is 11.3. The zero-order chi connectivity index (χ0) is 11.4. The molecule has 0 saturated carbocycles. The van der Waals surface area contributed by atoms with Crippen molar-refractivity contribution in [2.75, 3.05) is 7.11 Å². The van der Waals surface area contributed by atoms with Crippen LogP contribution in [0.25, 0.3) is 0 Å². The molecule has 0 aliphatic heterocycles. The number of carbonyl (C=O) groups is 1. The van der Waals surface area contributed by atoms with Crippen LogP contribution in [0.3, 0.4) is 0 Å². The van der Waals surface area contributed by atoms with E-state index in [2.05, 4.69) is 4.74 Å². The SMILES string of the molecule is COC(=O)c1cc(CCl)c(Cl)cc1C#N. The molecule has 0 saturated heterocycles. The summed E-state index contributed by atoms with van der Waals surface area (Å²) in [6.07, 6.45) is 0. The van der Waals surface area contributed by atoms with Gasteiger partial charge >= 0.3 is 5.97 Å². The minimum atomic E-state index is -0.574. The van der Waals surface area contributed by atoms with Gasteiger partial charge in [0.05, 0.1) is 18.2 Å². The second-order valence-corrected chi connectivity index (χ2v) is 3.40. The quantitative estimate of drug-likeness (QED) is 0.593. The molecule has 0 heterocycles. The first kappa shape index (κ1) is 11.8. The Bertz CT molecular complexity index is 438. The summed E-state index contributed by atoms with van der Waals surface area (Å²) in [5, 5.41) is 9.17. The normalized spacial score (nSPS) is 9.47. The van der Waals surface area contributed by atoms with Crippen molar-refractivity contribution in [2.45, 2.75) is 5.88 Å². The topological polar surface area (TPSA) is 50.1 Å². The Kier molecular flexibility index (Phi) is 3.96. The van der Waals surface area contributed by atoms with E-state index in [4.69, 9.17) is 28.5 Å². The van der Waals surface area contributed by atoms with Gasteiger partial charge < -0.3 is 4.74 Å². The molecule has 0 N–H and O–H groups in total. The number of methoxy groups -OCH3 is 1. The monoisotopic (exact) mass is 243 g/mol. The van der Waals surface area contributed by atoms with Crippen LogP contribution in [0.2, 0.25) is 5.02 Å². The van der Waals surface area contributed by atoms with E-state index in [0.717, 1.165) is 0 Å². The highest BCUT2D eigenvalue weighted by molar-refractivity contribution is 6.32. The second kappa shape index (κ2) is 5.01. The predicted molar refractivity (Wildman–Crippen MR) is 57.1 cm³/mol. The first-order valence-electron chi connectivity index (χ1n) is 4.00. The molecule has 0 atom stereocenters. The summed E-state index contributed by atoms with van der Waals surface area (Å²) in [4.78, 5) is 11.3. The zero-order valence-electron chi connectivity index (χ0n) is 7.88. The van der Waals surface area contributed by atoms with Gasteiger partial charge in [0.1, 0.15) is 6.07 Å². The summed E-state index contributed by atoms with van der Waals surface area (Å²) in [5.74, 6) is -0.399. The number of hydrogen-bond donors (Lipinski definition) is 0. The van der Waals surface area contributed by atoms with E-state index in [1.54, 1.807) is 0 Å². The van der Waals surface area contributed by atoms with E-state index in [1.807, 2.05) is 6.07 Å². The lowest BCUT2D eigenvalue weighted by atomic mass is 10.1. The van der Waals surface area contributed by atoms with Gasteiger partial charge in [0.2, 0.25) is 0 Å². The molecule has 1 rings (SSSR count). The van der Waals surface area contributed by atoms with Gasteiger partial charge in [0.15, 0.2) is 0 Å². The summed E-state index contributed by atoms with van der Waals surface area (Å²) < 4.78 is 4.54. The van der Waals surface area contributed by atoms with Gasteiger partial charge in [0, 0.05) is 10.9 Å². The lowest BCUT2D eigenvalue weighted by molar-refractivity contribution is 0.0600. The highest BCUT2D eigenvalue weighted by atomic mass is 35.5. The van der Waals surface area contributed by atoms with Crippen molar-refractivity contribution in [3.05, 3.63) is 33.8 Å². The van der Waals surface area contributed by atoms with E-state index in [9.17, 15) is 4.79 Å². The molecule has 0 unspecified atom stereocenters. The average molecular weight is 244 g/mol. The van der Waals surface area contributed by atoms with Gasteiger partial charge in [-0.05, 0) is 17.7 Å². The summed E-state index contributed by atoms with van der Waals surface area (Å²) >= 11 is 11.5. The average Bonchev–Trinajstić information content (AvgIpc) is 2.27. The molecule has 0 aromatic heterocycles. The molecule has 15 heavy (non-hydrogen) atoms.